The Bertz CT molecular complexity index is 1220. The fourth-order valence-corrected chi connectivity index (χ4v) is 3.71. The number of benzene rings is 1. The molecule has 5 rings (SSSR count). The molecule has 4 aromatic rings. The molecule has 9 heteroatoms. The maximum atomic E-state index is 12.3. The minimum atomic E-state index is -0.280. The van der Waals surface area contributed by atoms with Crippen LogP contribution in [0, 0.1) is 0 Å². The van der Waals surface area contributed by atoms with Gasteiger partial charge in [0.25, 0.3) is 0 Å². The zero-order chi connectivity index (χ0) is 20.0. The molecule has 0 aliphatic carbocycles. The Kier molecular flexibility index (Phi) is 4.08. The van der Waals surface area contributed by atoms with Crippen molar-refractivity contribution in [2.24, 2.45) is 0 Å². The Morgan fingerprint density at radius 3 is 2.97 bits per heavy atom. The minimum Gasteiger partial charge on any atom is -0.342 e. The first-order chi connectivity index (χ1) is 14.1. The molecule has 29 heavy (non-hydrogen) atoms. The van der Waals surface area contributed by atoms with Crippen LogP contribution in [0.2, 0.25) is 0 Å². The molecular formula is C20H20N8O. The van der Waals surface area contributed by atoms with Gasteiger partial charge in [-0.15, -0.1) is 5.10 Å². The zero-order valence-corrected chi connectivity index (χ0v) is 16.2. The normalized spacial score (nSPS) is 17.4. The molecule has 1 aliphatic heterocycles. The summed E-state index contributed by atoms with van der Waals surface area (Å²) in [7, 11) is 1.82. The van der Waals surface area contributed by atoms with Crippen molar-refractivity contribution in [3.05, 3.63) is 48.3 Å². The van der Waals surface area contributed by atoms with Gasteiger partial charge < -0.3 is 9.80 Å². The molecule has 4 heterocycles. The van der Waals surface area contributed by atoms with Gasteiger partial charge in [-0.25, -0.2) is 14.6 Å². The van der Waals surface area contributed by atoms with Crippen LogP contribution in [0.15, 0.2) is 42.7 Å². The van der Waals surface area contributed by atoms with E-state index in [4.69, 9.17) is 4.98 Å². The van der Waals surface area contributed by atoms with Crippen LogP contribution in [0.5, 0.6) is 0 Å². The Labute approximate surface area is 167 Å². The number of carbonyl (C=O) groups excluding carboxylic acids is 1. The van der Waals surface area contributed by atoms with Crippen molar-refractivity contribution in [3.63, 3.8) is 0 Å². The first-order valence-corrected chi connectivity index (χ1v) is 9.52. The van der Waals surface area contributed by atoms with Gasteiger partial charge in [0.05, 0.1) is 18.3 Å². The van der Waals surface area contributed by atoms with E-state index < -0.39 is 0 Å². The second-order valence-electron chi connectivity index (χ2n) is 7.28. The Hall–Kier alpha value is -3.62. The molecule has 3 aromatic heterocycles. The lowest BCUT2D eigenvalue weighted by molar-refractivity contribution is -0.132. The van der Waals surface area contributed by atoms with Crippen LogP contribution in [-0.2, 0) is 11.3 Å². The Morgan fingerprint density at radius 1 is 1.17 bits per heavy atom. The number of anilines is 1. The summed E-state index contributed by atoms with van der Waals surface area (Å²) in [5, 5.41) is 9.45. The molecule has 1 fully saturated rings. The van der Waals surface area contributed by atoms with E-state index in [1.807, 2.05) is 43.1 Å². The third-order valence-corrected chi connectivity index (χ3v) is 5.39. The summed E-state index contributed by atoms with van der Waals surface area (Å²) in [6, 6.07) is 9.80. The summed E-state index contributed by atoms with van der Waals surface area (Å²) in [6.07, 6.45) is 3.45. The number of pyridine rings is 1. The summed E-state index contributed by atoms with van der Waals surface area (Å²) < 4.78 is 1.74. The highest BCUT2D eigenvalue weighted by atomic mass is 16.2. The summed E-state index contributed by atoms with van der Waals surface area (Å²) >= 11 is 0. The van der Waals surface area contributed by atoms with Crippen molar-refractivity contribution >= 4 is 33.9 Å². The second-order valence-corrected chi connectivity index (χ2v) is 7.28. The molecule has 0 spiro atoms. The standard InChI is InChI=1S/C20H20N8O/c1-13-20(29)26(2)8-9-27(13)17-11-22-18-19(23-17)28(25-24-18)12-14-5-6-16-15(10-14)4-3-7-21-16/h3-7,10-11,13H,8-9,12H2,1-2H3. The third kappa shape index (κ3) is 3.04. The molecule has 1 amide bonds. The van der Waals surface area contributed by atoms with Gasteiger partial charge in [-0.3, -0.25) is 9.78 Å². The second kappa shape index (κ2) is 6.77. The number of amides is 1. The average molecular weight is 388 g/mol. The minimum absolute atomic E-state index is 0.0783. The van der Waals surface area contributed by atoms with E-state index in [-0.39, 0.29) is 11.9 Å². The summed E-state index contributed by atoms with van der Waals surface area (Å²) in [4.78, 5) is 29.6. The number of aromatic nitrogens is 6. The first kappa shape index (κ1) is 17.5. The molecule has 0 bridgehead atoms. The third-order valence-electron chi connectivity index (χ3n) is 5.39. The van der Waals surface area contributed by atoms with Crippen molar-refractivity contribution < 1.29 is 4.79 Å². The Balaban J connectivity index is 1.48. The molecule has 1 aliphatic rings. The van der Waals surface area contributed by atoms with Gasteiger partial charge in [0, 0.05) is 31.7 Å². The number of hydrogen-bond acceptors (Lipinski definition) is 7. The number of piperazine rings is 1. The molecular weight excluding hydrogens is 368 g/mol. The van der Waals surface area contributed by atoms with E-state index in [0.717, 1.165) is 16.5 Å². The zero-order valence-electron chi connectivity index (χ0n) is 16.2. The predicted molar refractivity (Wildman–Crippen MR) is 108 cm³/mol. The van der Waals surface area contributed by atoms with E-state index in [0.29, 0.717) is 36.7 Å². The van der Waals surface area contributed by atoms with Crippen molar-refractivity contribution in [1.29, 1.82) is 0 Å². The monoisotopic (exact) mass is 388 g/mol. The lowest BCUT2D eigenvalue weighted by Crippen LogP contribution is -2.54. The molecule has 0 saturated carbocycles. The van der Waals surface area contributed by atoms with E-state index in [2.05, 4.69) is 26.3 Å². The molecule has 1 unspecified atom stereocenters. The SMILES string of the molecule is CC1C(=O)N(C)CCN1c1cnc2nnn(Cc3ccc4ncccc4c3)c2n1. The number of rotatable bonds is 3. The van der Waals surface area contributed by atoms with Crippen LogP contribution < -0.4 is 4.90 Å². The fraction of sp³-hybridized carbons (Fsp3) is 0.300. The van der Waals surface area contributed by atoms with Crippen LogP contribution in [0.3, 0.4) is 0 Å². The smallest absolute Gasteiger partial charge is 0.244 e. The number of hydrogen-bond donors (Lipinski definition) is 0. The maximum absolute atomic E-state index is 12.3. The van der Waals surface area contributed by atoms with Crippen molar-refractivity contribution in [2.45, 2.75) is 19.5 Å². The van der Waals surface area contributed by atoms with Crippen LogP contribution in [0.1, 0.15) is 12.5 Å². The van der Waals surface area contributed by atoms with Crippen LogP contribution in [0.4, 0.5) is 5.82 Å². The van der Waals surface area contributed by atoms with Crippen LogP contribution in [0.25, 0.3) is 22.2 Å². The van der Waals surface area contributed by atoms with E-state index >= 15 is 0 Å². The van der Waals surface area contributed by atoms with E-state index in [9.17, 15) is 4.79 Å². The number of fused-ring (bicyclic) bond motifs is 2. The van der Waals surface area contributed by atoms with Gasteiger partial charge in [0.2, 0.25) is 11.6 Å². The summed E-state index contributed by atoms with van der Waals surface area (Å²) in [6.45, 7) is 3.79. The molecule has 0 radical (unpaired) electrons. The van der Waals surface area contributed by atoms with Crippen LogP contribution >= 0.6 is 0 Å². The van der Waals surface area contributed by atoms with Crippen molar-refractivity contribution in [3.8, 4) is 0 Å². The van der Waals surface area contributed by atoms with Gasteiger partial charge in [0.1, 0.15) is 6.04 Å². The molecule has 1 atom stereocenters. The number of nitrogens with zero attached hydrogens (tertiary/aromatic N) is 8. The summed E-state index contributed by atoms with van der Waals surface area (Å²) in [5.41, 5.74) is 3.12. The van der Waals surface area contributed by atoms with Crippen molar-refractivity contribution in [2.75, 3.05) is 25.0 Å². The highest BCUT2D eigenvalue weighted by molar-refractivity contribution is 5.86. The molecule has 9 nitrogen and oxygen atoms in total. The van der Waals surface area contributed by atoms with Gasteiger partial charge in [-0.1, -0.05) is 17.3 Å². The molecule has 146 valence electrons. The average Bonchev–Trinajstić information content (AvgIpc) is 3.14. The lowest BCUT2D eigenvalue weighted by Gasteiger charge is -2.37. The number of likely N-dealkylation sites (N-methyl/N-ethyl adjacent to an activating group) is 1. The molecule has 1 saturated heterocycles. The van der Waals surface area contributed by atoms with Gasteiger partial charge >= 0.3 is 0 Å². The lowest BCUT2D eigenvalue weighted by atomic mass is 10.1. The van der Waals surface area contributed by atoms with E-state index in [1.165, 1.54) is 0 Å². The largest absolute Gasteiger partial charge is 0.342 e. The topological polar surface area (TPSA) is 92.9 Å². The fourth-order valence-electron chi connectivity index (χ4n) is 3.71. The quantitative estimate of drug-likeness (QED) is 0.525. The van der Waals surface area contributed by atoms with Gasteiger partial charge in [-0.2, -0.15) is 0 Å². The first-order valence-electron chi connectivity index (χ1n) is 9.52. The molecule has 1 aromatic carbocycles. The van der Waals surface area contributed by atoms with Crippen molar-refractivity contribution in [1.82, 2.24) is 34.8 Å². The highest BCUT2D eigenvalue weighted by Gasteiger charge is 2.30. The van der Waals surface area contributed by atoms with Gasteiger partial charge in [-0.05, 0) is 30.7 Å². The number of carbonyl (C=O) groups is 1. The highest BCUT2D eigenvalue weighted by Crippen LogP contribution is 2.21. The van der Waals surface area contributed by atoms with E-state index in [1.54, 1.807) is 22.0 Å². The predicted octanol–water partition coefficient (Wildman–Crippen LogP) is 1.48. The molecule has 0 N–H and O–H groups in total. The maximum Gasteiger partial charge on any atom is 0.244 e. The summed E-state index contributed by atoms with van der Waals surface area (Å²) in [5.74, 6) is 0.743. The van der Waals surface area contributed by atoms with Gasteiger partial charge in [0.15, 0.2) is 11.5 Å². The van der Waals surface area contributed by atoms with Crippen LogP contribution in [-0.4, -0.2) is 66.9 Å². The Morgan fingerprint density at radius 2 is 2.07 bits per heavy atom.